The number of ether oxygens (including phenoxy) is 1. The summed E-state index contributed by atoms with van der Waals surface area (Å²) in [6, 6.07) is 7.51. The molecular formula is C14H17NO2. The Morgan fingerprint density at radius 2 is 2.06 bits per heavy atom. The fourth-order valence-corrected chi connectivity index (χ4v) is 1.51. The van der Waals surface area contributed by atoms with E-state index >= 15 is 0 Å². The lowest BCUT2D eigenvalue weighted by Crippen LogP contribution is -2.26. The van der Waals surface area contributed by atoms with E-state index in [1.807, 2.05) is 24.3 Å². The third-order valence-electron chi connectivity index (χ3n) is 2.42. The molecule has 0 heterocycles. The topological polar surface area (TPSA) is 38.3 Å². The van der Waals surface area contributed by atoms with Crippen molar-refractivity contribution in [2.45, 2.75) is 12.5 Å². The fraction of sp³-hybridized carbons (Fsp3) is 0.214. The highest BCUT2D eigenvalue weighted by molar-refractivity contribution is 5.87. The Kier molecular flexibility index (Phi) is 5.01. The highest BCUT2D eigenvalue weighted by Crippen LogP contribution is 2.20. The average molecular weight is 231 g/mol. The summed E-state index contributed by atoms with van der Waals surface area (Å²) >= 11 is 0. The minimum absolute atomic E-state index is 0.0797. The van der Waals surface area contributed by atoms with Gasteiger partial charge in [-0.05, 0) is 30.2 Å². The van der Waals surface area contributed by atoms with Gasteiger partial charge in [-0.15, -0.1) is 6.58 Å². The van der Waals surface area contributed by atoms with Crippen molar-refractivity contribution in [3.8, 4) is 5.75 Å². The molecule has 1 rings (SSSR count). The van der Waals surface area contributed by atoms with E-state index in [-0.39, 0.29) is 11.9 Å². The molecule has 3 nitrogen and oxygen atoms in total. The summed E-state index contributed by atoms with van der Waals surface area (Å²) in [6.07, 6.45) is 3.71. The SMILES string of the molecule is C=CC[C@H](NC(=O)C=C)c1ccc(OC)cc1. The predicted octanol–water partition coefficient (Wildman–Crippen LogP) is 2.61. The molecule has 1 N–H and O–H groups in total. The predicted molar refractivity (Wildman–Crippen MR) is 68.9 cm³/mol. The first kappa shape index (κ1) is 13.0. The van der Waals surface area contributed by atoms with Gasteiger partial charge in [0.05, 0.1) is 13.2 Å². The third-order valence-corrected chi connectivity index (χ3v) is 2.42. The van der Waals surface area contributed by atoms with E-state index in [2.05, 4.69) is 18.5 Å². The molecule has 1 aromatic rings. The van der Waals surface area contributed by atoms with Gasteiger partial charge in [-0.25, -0.2) is 0 Å². The van der Waals surface area contributed by atoms with Crippen molar-refractivity contribution >= 4 is 5.91 Å². The fourth-order valence-electron chi connectivity index (χ4n) is 1.51. The molecule has 0 aliphatic heterocycles. The molecule has 17 heavy (non-hydrogen) atoms. The Hall–Kier alpha value is -2.03. The summed E-state index contributed by atoms with van der Waals surface area (Å²) in [5, 5.41) is 2.85. The summed E-state index contributed by atoms with van der Waals surface area (Å²) in [7, 11) is 1.62. The molecule has 0 unspecified atom stereocenters. The highest BCUT2D eigenvalue weighted by Gasteiger charge is 2.11. The van der Waals surface area contributed by atoms with Gasteiger partial charge in [-0.3, -0.25) is 4.79 Å². The van der Waals surface area contributed by atoms with Gasteiger partial charge in [0, 0.05) is 0 Å². The van der Waals surface area contributed by atoms with Gasteiger partial charge >= 0.3 is 0 Å². The van der Waals surface area contributed by atoms with Crippen LogP contribution < -0.4 is 10.1 Å². The quantitative estimate of drug-likeness (QED) is 0.603. The number of benzene rings is 1. The second-order valence-electron chi connectivity index (χ2n) is 3.56. The van der Waals surface area contributed by atoms with Crippen LogP contribution in [-0.4, -0.2) is 13.0 Å². The third kappa shape index (κ3) is 3.79. The van der Waals surface area contributed by atoms with Crippen LogP contribution >= 0.6 is 0 Å². The summed E-state index contributed by atoms with van der Waals surface area (Å²) in [6.45, 7) is 7.13. The molecule has 90 valence electrons. The standard InChI is InChI=1S/C14H17NO2/c1-4-6-13(15-14(16)5-2)11-7-9-12(17-3)10-8-11/h4-5,7-10,13H,1-2,6H2,3H3,(H,15,16)/t13-/m0/s1. The number of methoxy groups -OCH3 is 1. The number of hydrogen-bond acceptors (Lipinski definition) is 2. The minimum Gasteiger partial charge on any atom is -0.497 e. The van der Waals surface area contributed by atoms with E-state index in [9.17, 15) is 4.79 Å². The zero-order valence-electron chi connectivity index (χ0n) is 9.98. The largest absolute Gasteiger partial charge is 0.497 e. The van der Waals surface area contributed by atoms with E-state index in [1.54, 1.807) is 13.2 Å². The Labute approximate surface area is 102 Å². The number of carbonyl (C=O) groups excluding carboxylic acids is 1. The van der Waals surface area contributed by atoms with Crippen LogP contribution in [0.4, 0.5) is 0 Å². The second-order valence-corrected chi connectivity index (χ2v) is 3.56. The van der Waals surface area contributed by atoms with Crippen LogP contribution in [-0.2, 0) is 4.79 Å². The zero-order chi connectivity index (χ0) is 12.7. The van der Waals surface area contributed by atoms with Gasteiger partial charge in [0.2, 0.25) is 5.91 Å². The van der Waals surface area contributed by atoms with Crippen molar-refractivity contribution < 1.29 is 9.53 Å². The molecule has 1 atom stereocenters. The van der Waals surface area contributed by atoms with Crippen LogP contribution in [0.3, 0.4) is 0 Å². The molecule has 0 aliphatic carbocycles. The Bertz CT molecular complexity index is 395. The molecule has 1 amide bonds. The zero-order valence-corrected chi connectivity index (χ0v) is 9.98. The lowest BCUT2D eigenvalue weighted by molar-refractivity contribution is -0.117. The Balaban J connectivity index is 2.84. The summed E-state index contributed by atoms with van der Waals surface area (Å²) < 4.78 is 5.09. The van der Waals surface area contributed by atoms with Crippen LogP contribution in [0.1, 0.15) is 18.0 Å². The van der Waals surface area contributed by atoms with Crippen molar-refractivity contribution in [1.82, 2.24) is 5.32 Å². The van der Waals surface area contributed by atoms with Gasteiger partial charge in [0.25, 0.3) is 0 Å². The van der Waals surface area contributed by atoms with Crippen LogP contribution in [0.25, 0.3) is 0 Å². The molecule has 0 saturated heterocycles. The van der Waals surface area contributed by atoms with Crippen molar-refractivity contribution in [3.05, 3.63) is 55.1 Å². The molecule has 0 aromatic heterocycles. The first-order valence-electron chi connectivity index (χ1n) is 5.39. The maximum absolute atomic E-state index is 11.3. The number of rotatable bonds is 6. The number of nitrogens with one attached hydrogen (secondary N) is 1. The van der Waals surface area contributed by atoms with E-state index in [0.29, 0.717) is 6.42 Å². The average Bonchev–Trinajstić information content (AvgIpc) is 2.38. The first-order valence-corrected chi connectivity index (χ1v) is 5.39. The van der Waals surface area contributed by atoms with Gasteiger partial charge in [-0.2, -0.15) is 0 Å². The summed E-state index contributed by atoms with van der Waals surface area (Å²) in [5.74, 6) is 0.605. The maximum atomic E-state index is 11.3. The van der Waals surface area contributed by atoms with Crippen molar-refractivity contribution in [2.24, 2.45) is 0 Å². The van der Waals surface area contributed by atoms with Crippen LogP contribution in [0, 0.1) is 0 Å². The van der Waals surface area contributed by atoms with Crippen LogP contribution in [0.2, 0.25) is 0 Å². The molecule has 0 bridgehead atoms. The van der Waals surface area contributed by atoms with Crippen LogP contribution in [0.5, 0.6) is 5.75 Å². The lowest BCUT2D eigenvalue weighted by atomic mass is 10.0. The Morgan fingerprint density at radius 1 is 1.41 bits per heavy atom. The van der Waals surface area contributed by atoms with E-state index < -0.39 is 0 Å². The van der Waals surface area contributed by atoms with Crippen molar-refractivity contribution in [1.29, 1.82) is 0 Å². The molecule has 0 spiro atoms. The molecule has 0 radical (unpaired) electrons. The van der Waals surface area contributed by atoms with Crippen molar-refractivity contribution in [2.75, 3.05) is 7.11 Å². The number of hydrogen-bond donors (Lipinski definition) is 1. The van der Waals surface area contributed by atoms with E-state index in [0.717, 1.165) is 11.3 Å². The summed E-state index contributed by atoms with van der Waals surface area (Å²) in [4.78, 5) is 11.3. The van der Waals surface area contributed by atoms with E-state index in [4.69, 9.17) is 4.74 Å². The Morgan fingerprint density at radius 3 is 2.53 bits per heavy atom. The molecular weight excluding hydrogens is 214 g/mol. The minimum atomic E-state index is -0.187. The molecule has 1 aromatic carbocycles. The lowest BCUT2D eigenvalue weighted by Gasteiger charge is -2.16. The number of amides is 1. The molecule has 0 aliphatic rings. The molecule has 0 fully saturated rings. The highest BCUT2D eigenvalue weighted by atomic mass is 16.5. The van der Waals surface area contributed by atoms with Gasteiger partial charge in [-0.1, -0.05) is 24.8 Å². The van der Waals surface area contributed by atoms with Crippen molar-refractivity contribution in [3.63, 3.8) is 0 Å². The van der Waals surface area contributed by atoms with Gasteiger partial charge < -0.3 is 10.1 Å². The van der Waals surface area contributed by atoms with Gasteiger partial charge in [0.1, 0.15) is 5.75 Å². The maximum Gasteiger partial charge on any atom is 0.243 e. The first-order chi connectivity index (χ1) is 8.21. The van der Waals surface area contributed by atoms with E-state index in [1.165, 1.54) is 6.08 Å². The second kappa shape index (κ2) is 6.53. The smallest absolute Gasteiger partial charge is 0.243 e. The van der Waals surface area contributed by atoms with Crippen LogP contribution in [0.15, 0.2) is 49.6 Å². The molecule has 3 heteroatoms. The number of carbonyl (C=O) groups is 1. The summed E-state index contributed by atoms with van der Waals surface area (Å²) in [5.41, 5.74) is 1.01. The normalized spacial score (nSPS) is 11.4. The monoisotopic (exact) mass is 231 g/mol. The molecule has 0 saturated carbocycles. The van der Waals surface area contributed by atoms with Gasteiger partial charge in [0.15, 0.2) is 0 Å².